The molecule has 0 aliphatic heterocycles. The van der Waals surface area contributed by atoms with Gasteiger partial charge in [-0.25, -0.2) is 0 Å². The van der Waals surface area contributed by atoms with Gasteiger partial charge in [0.2, 0.25) is 0 Å². The van der Waals surface area contributed by atoms with E-state index in [1.807, 2.05) is 12.3 Å². The zero-order chi connectivity index (χ0) is 16.3. The van der Waals surface area contributed by atoms with Crippen molar-refractivity contribution in [2.24, 2.45) is 7.05 Å². The van der Waals surface area contributed by atoms with E-state index in [1.54, 1.807) is 29.8 Å². The molecule has 2 rings (SSSR count). The number of hydrogen-bond donors (Lipinski definition) is 1. The van der Waals surface area contributed by atoms with Crippen LogP contribution >= 0.6 is 23.4 Å². The molecule has 0 fully saturated rings. The first kappa shape index (κ1) is 16.7. The lowest BCUT2D eigenvalue weighted by atomic mass is 10.2. The third-order valence-corrected chi connectivity index (χ3v) is 4.32. The van der Waals surface area contributed by atoms with E-state index in [0.29, 0.717) is 22.9 Å². The number of benzene rings is 1. The van der Waals surface area contributed by atoms with Crippen LogP contribution in [0.25, 0.3) is 10.9 Å². The molecule has 2 aromatic rings. The third-order valence-electron chi connectivity index (χ3n) is 3.44. The maximum absolute atomic E-state index is 12.3. The molecule has 1 amide bonds. The molecule has 0 spiro atoms. The van der Waals surface area contributed by atoms with Crippen LogP contribution in [0.4, 0.5) is 0 Å². The first-order chi connectivity index (χ1) is 10.4. The maximum atomic E-state index is 12.3. The second kappa shape index (κ2) is 7.07. The van der Waals surface area contributed by atoms with E-state index in [-0.39, 0.29) is 0 Å². The molecule has 7 heteroatoms. The van der Waals surface area contributed by atoms with Crippen molar-refractivity contribution in [1.29, 1.82) is 0 Å². The molecule has 0 saturated heterocycles. The van der Waals surface area contributed by atoms with Crippen LogP contribution in [0.1, 0.15) is 16.9 Å². The number of aliphatic carboxylic acids is 1. The van der Waals surface area contributed by atoms with Gasteiger partial charge in [-0.1, -0.05) is 11.6 Å². The maximum Gasteiger partial charge on any atom is 0.268 e. The highest BCUT2D eigenvalue weighted by Crippen LogP contribution is 2.22. The van der Waals surface area contributed by atoms with E-state index in [9.17, 15) is 14.7 Å². The predicted molar refractivity (Wildman–Crippen MR) is 87.2 cm³/mol. The van der Waals surface area contributed by atoms with Crippen LogP contribution in [0, 0.1) is 0 Å². The number of aromatic nitrogens is 1. The number of amides is 1. The molecule has 22 heavy (non-hydrogen) atoms. The molecule has 1 atom stereocenters. The Balaban J connectivity index is 2.25. The summed E-state index contributed by atoms with van der Waals surface area (Å²) >= 11 is 7.46. The number of carbonyl (C=O) groups excluding carboxylic acids is 2. The van der Waals surface area contributed by atoms with Crippen molar-refractivity contribution < 1.29 is 14.7 Å². The first-order valence-corrected chi connectivity index (χ1v) is 8.47. The molecule has 0 radical (unpaired) electrons. The molecule has 118 valence electrons. The van der Waals surface area contributed by atoms with Crippen LogP contribution < -0.4 is 10.4 Å². The zero-order valence-corrected chi connectivity index (χ0v) is 13.8. The number of nitrogens with zero attached hydrogens (tertiary/aromatic N) is 1. The largest absolute Gasteiger partial charge is 0.548 e. The Kier molecular flexibility index (Phi) is 5.37. The highest BCUT2D eigenvalue weighted by molar-refractivity contribution is 7.98. The Morgan fingerprint density at radius 2 is 2.14 bits per heavy atom. The summed E-state index contributed by atoms with van der Waals surface area (Å²) in [5.41, 5.74) is 1.23. The van der Waals surface area contributed by atoms with Gasteiger partial charge < -0.3 is 19.8 Å². The molecular formula is C15H16ClN2O3S-. The smallest absolute Gasteiger partial charge is 0.268 e. The number of halogens is 1. The normalized spacial score (nSPS) is 12.3. The number of thioether (sulfide) groups is 1. The van der Waals surface area contributed by atoms with Crippen molar-refractivity contribution in [3.05, 3.63) is 35.0 Å². The molecule has 1 aromatic carbocycles. The SMILES string of the molecule is CSCC[C@H](NC(=O)c1cc2cc(Cl)ccc2n1C)C(=O)[O-]. The van der Waals surface area contributed by atoms with Gasteiger partial charge in [0.05, 0.1) is 12.0 Å². The Morgan fingerprint density at radius 3 is 2.77 bits per heavy atom. The van der Waals surface area contributed by atoms with E-state index < -0.39 is 17.9 Å². The second-order valence-corrected chi connectivity index (χ2v) is 6.34. The molecule has 1 aromatic heterocycles. The lowest BCUT2D eigenvalue weighted by molar-refractivity contribution is -0.308. The van der Waals surface area contributed by atoms with E-state index in [0.717, 1.165) is 10.9 Å². The van der Waals surface area contributed by atoms with Crippen molar-refractivity contribution >= 4 is 46.1 Å². The molecular weight excluding hydrogens is 324 g/mol. The van der Waals surface area contributed by atoms with Crippen molar-refractivity contribution in [3.8, 4) is 0 Å². The number of carbonyl (C=O) groups is 2. The zero-order valence-electron chi connectivity index (χ0n) is 12.3. The molecule has 0 unspecified atom stereocenters. The lowest BCUT2D eigenvalue weighted by Gasteiger charge is -2.19. The van der Waals surface area contributed by atoms with Gasteiger partial charge in [-0.3, -0.25) is 4.79 Å². The Hall–Kier alpha value is -1.66. The van der Waals surface area contributed by atoms with Crippen molar-refractivity contribution in [2.75, 3.05) is 12.0 Å². The number of aryl methyl sites for hydroxylation is 1. The Labute approximate surface area is 137 Å². The van der Waals surface area contributed by atoms with Crippen LogP contribution in [-0.2, 0) is 11.8 Å². The summed E-state index contributed by atoms with van der Waals surface area (Å²) < 4.78 is 1.71. The van der Waals surface area contributed by atoms with Crippen LogP contribution in [-0.4, -0.2) is 34.5 Å². The summed E-state index contributed by atoms with van der Waals surface area (Å²) in [6, 6.07) is 6.02. The van der Waals surface area contributed by atoms with Crippen molar-refractivity contribution in [2.45, 2.75) is 12.5 Å². The number of fused-ring (bicyclic) bond motifs is 1. The second-order valence-electron chi connectivity index (χ2n) is 4.92. The van der Waals surface area contributed by atoms with E-state index in [1.165, 1.54) is 11.8 Å². The van der Waals surface area contributed by atoms with Gasteiger partial charge in [0.25, 0.3) is 5.91 Å². The van der Waals surface area contributed by atoms with Crippen LogP contribution in [0.2, 0.25) is 5.02 Å². The third kappa shape index (κ3) is 3.56. The Bertz CT molecular complexity index is 714. The summed E-state index contributed by atoms with van der Waals surface area (Å²) in [5.74, 6) is -1.08. The fraction of sp³-hybridized carbons (Fsp3) is 0.333. The van der Waals surface area contributed by atoms with E-state index >= 15 is 0 Å². The molecule has 0 aliphatic rings. The van der Waals surface area contributed by atoms with Gasteiger partial charge in [0, 0.05) is 23.0 Å². The van der Waals surface area contributed by atoms with Gasteiger partial charge in [0.1, 0.15) is 5.69 Å². The summed E-state index contributed by atoms with van der Waals surface area (Å²) in [6.45, 7) is 0. The van der Waals surface area contributed by atoms with Gasteiger partial charge in [-0.05, 0) is 42.7 Å². The monoisotopic (exact) mass is 339 g/mol. The molecule has 5 nitrogen and oxygen atoms in total. The standard InChI is InChI=1S/C15H17ClN2O3S/c1-18-12-4-3-10(16)7-9(12)8-13(18)14(19)17-11(15(20)21)5-6-22-2/h3-4,7-8,11H,5-6H2,1-2H3,(H,17,19)(H,20,21)/p-1/t11-/m0/s1. The van der Waals surface area contributed by atoms with Gasteiger partial charge >= 0.3 is 0 Å². The van der Waals surface area contributed by atoms with Gasteiger partial charge in [-0.2, -0.15) is 11.8 Å². The number of carboxylic acids is 1. The van der Waals surface area contributed by atoms with Crippen molar-refractivity contribution in [1.82, 2.24) is 9.88 Å². The Morgan fingerprint density at radius 1 is 1.41 bits per heavy atom. The number of carboxylic acid groups (broad SMARTS) is 1. The molecule has 0 bridgehead atoms. The molecule has 1 heterocycles. The van der Waals surface area contributed by atoms with Crippen LogP contribution in [0.3, 0.4) is 0 Å². The predicted octanol–water partition coefficient (Wildman–Crippen LogP) is 1.43. The minimum Gasteiger partial charge on any atom is -0.548 e. The quantitative estimate of drug-likeness (QED) is 0.864. The fourth-order valence-electron chi connectivity index (χ4n) is 2.26. The summed E-state index contributed by atoms with van der Waals surface area (Å²) in [5, 5.41) is 15.0. The van der Waals surface area contributed by atoms with Crippen LogP contribution in [0.15, 0.2) is 24.3 Å². The minimum absolute atomic E-state index is 0.324. The van der Waals surface area contributed by atoms with Gasteiger partial charge in [0.15, 0.2) is 0 Å². The minimum atomic E-state index is -1.27. The number of nitrogens with one attached hydrogen (secondary N) is 1. The molecule has 0 aliphatic carbocycles. The fourth-order valence-corrected chi connectivity index (χ4v) is 2.91. The van der Waals surface area contributed by atoms with E-state index in [2.05, 4.69) is 5.32 Å². The molecule has 0 saturated carbocycles. The van der Waals surface area contributed by atoms with Gasteiger partial charge in [-0.15, -0.1) is 0 Å². The summed E-state index contributed by atoms with van der Waals surface area (Å²) in [4.78, 5) is 23.4. The molecule has 1 N–H and O–H groups in total. The van der Waals surface area contributed by atoms with Crippen molar-refractivity contribution in [3.63, 3.8) is 0 Å². The summed E-state index contributed by atoms with van der Waals surface area (Å²) in [7, 11) is 1.75. The topological polar surface area (TPSA) is 74.2 Å². The highest BCUT2D eigenvalue weighted by Gasteiger charge is 2.18. The first-order valence-electron chi connectivity index (χ1n) is 6.69. The highest BCUT2D eigenvalue weighted by atomic mass is 35.5. The number of hydrogen-bond acceptors (Lipinski definition) is 4. The summed E-state index contributed by atoms with van der Waals surface area (Å²) in [6.07, 6.45) is 2.20. The average molecular weight is 340 g/mol. The van der Waals surface area contributed by atoms with E-state index in [4.69, 9.17) is 11.6 Å². The lowest BCUT2D eigenvalue weighted by Crippen LogP contribution is -2.48. The average Bonchev–Trinajstić information content (AvgIpc) is 2.79. The van der Waals surface area contributed by atoms with Crippen LogP contribution in [0.5, 0.6) is 0 Å². The number of rotatable bonds is 6.